The van der Waals surface area contributed by atoms with Crippen molar-refractivity contribution in [2.75, 3.05) is 18.5 Å². The molecule has 0 spiro atoms. The topological polar surface area (TPSA) is 92.2 Å². The molecule has 2 aliphatic rings. The Hall–Kier alpha value is -2.86. The number of rotatable bonds is 4. The third kappa shape index (κ3) is 5.44. The second kappa shape index (κ2) is 9.79. The molecule has 0 radical (unpaired) electrons. The zero-order valence-electron chi connectivity index (χ0n) is 18.8. The zero-order chi connectivity index (χ0) is 24.5. The molecule has 0 aliphatic carbocycles. The molecule has 0 saturated carbocycles. The molecule has 184 valence electrons. The SMILES string of the molecule is Cc1ccc([C@@H]2C[C@@H](C(F)(F)F)n3nc(C(=O)NNC(=S)NC[C@H]4CCCO4)cc3N2)cc1C. The predicted molar refractivity (Wildman–Crippen MR) is 124 cm³/mol. The largest absolute Gasteiger partial charge is 0.410 e. The van der Waals surface area contributed by atoms with Gasteiger partial charge in [0.1, 0.15) is 5.82 Å². The fourth-order valence-electron chi connectivity index (χ4n) is 4.12. The number of aryl methyl sites for hydroxylation is 2. The standard InChI is InChI=1S/C22H27F3N6O2S/c1-12-5-6-14(8-13(12)2)16-9-18(22(23,24)25)31-19(27-16)10-17(30-31)20(32)28-29-21(34)26-11-15-4-3-7-33-15/h5-6,8,10,15-16,18,27H,3-4,7,9,11H2,1-2H3,(H,28,32)(H2,26,29,34)/t15-,16+,18+/m1/s1. The van der Waals surface area contributed by atoms with Crippen LogP contribution in [0.2, 0.25) is 0 Å². The molecule has 1 aromatic carbocycles. The van der Waals surface area contributed by atoms with Gasteiger partial charge in [0.05, 0.1) is 12.1 Å². The maximum absolute atomic E-state index is 13.9. The number of nitrogens with one attached hydrogen (secondary N) is 4. The van der Waals surface area contributed by atoms with Gasteiger partial charge in [0.25, 0.3) is 5.91 Å². The van der Waals surface area contributed by atoms with E-state index in [1.54, 1.807) is 0 Å². The lowest BCUT2D eigenvalue weighted by Gasteiger charge is -2.33. The summed E-state index contributed by atoms with van der Waals surface area (Å²) in [5.74, 6) is -0.574. The predicted octanol–water partition coefficient (Wildman–Crippen LogP) is 3.45. The van der Waals surface area contributed by atoms with E-state index in [1.807, 2.05) is 32.0 Å². The van der Waals surface area contributed by atoms with Gasteiger partial charge < -0.3 is 15.4 Å². The molecule has 8 nitrogen and oxygen atoms in total. The molecule has 34 heavy (non-hydrogen) atoms. The highest BCUT2D eigenvalue weighted by molar-refractivity contribution is 7.80. The van der Waals surface area contributed by atoms with Gasteiger partial charge in [-0.3, -0.25) is 15.6 Å². The lowest BCUT2D eigenvalue weighted by molar-refractivity contribution is -0.173. The van der Waals surface area contributed by atoms with Gasteiger partial charge in [-0.25, -0.2) is 4.68 Å². The van der Waals surface area contributed by atoms with Crippen molar-refractivity contribution in [2.24, 2.45) is 0 Å². The van der Waals surface area contributed by atoms with Gasteiger partial charge in [0, 0.05) is 25.6 Å². The summed E-state index contributed by atoms with van der Waals surface area (Å²) in [5, 5.41) is 10.2. The first-order valence-electron chi connectivity index (χ1n) is 11.1. The molecule has 1 fully saturated rings. The van der Waals surface area contributed by atoms with E-state index in [1.165, 1.54) is 6.07 Å². The van der Waals surface area contributed by atoms with Gasteiger partial charge in [-0.2, -0.15) is 18.3 Å². The fourth-order valence-corrected chi connectivity index (χ4v) is 4.25. The lowest BCUT2D eigenvalue weighted by atomic mass is 9.94. The van der Waals surface area contributed by atoms with Gasteiger partial charge in [-0.15, -0.1) is 0 Å². The van der Waals surface area contributed by atoms with E-state index in [9.17, 15) is 18.0 Å². The first-order valence-corrected chi connectivity index (χ1v) is 11.5. The van der Waals surface area contributed by atoms with Crippen LogP contribution < -0.4 is 21.5 Å². The van der Waals surface area contributed by atoms with Crippen LogP contribution in [0, 0.1) is 13.8 Å². The van der Waals surface area contributed by atoms with E-state index in [4.69, 9.17) is 17.0 Å². The van der Waals surface area contributed by atoms with Crippen LogP contribution in [-0.4, -0.2) is 46.2 Å². The molecule has 4 N–H and O–H groups in total. The average Bonchev–Trinajstić information content (AvgIpc) is 3.46. The second-order valence-electron chi connectivity index (χ2n) is 8.62. The van der Waals surface area contributed by atoms with Crippen molar-refractivity contribution in [2.45, 2.75) is 57.5 Å². The molecule has 1 saturated heterocycles. The first-order chi connectivity index (χ1) is 16.1. The fraction of sp³-hybridized carbons (Fsp3) is 0.500. The van der Waals surface area contributed by atoms with Crippen LogP contribution >= 0.6 is 12.2 Å². The lowest BCUT2D eigenvalue weighted by Crippen LogP contribution is -2.48. The molecule has 1 aromatic heterocycles. The highest BCUT2D eigenvalue weighted by Crippen LogP contribution is 2.43. The number of hydrogen-bond acceptors (Lipinski definition) is 5. The van der Waals surface area contributed by atoms with Gasteiger partial charge in [0.2, 0.25) is 0 Å². The number of alkyl halides is 3. The van der Waals surface area contributed by atoms with E-state index in [0.717, 1.165) is 34.2 Å². The number of thiocarbonyl (C=S) groups is 1. The molecule has 4 rings (SSSR count). The van der Waals surface area contributed by atoms with Crippen molar-refractivity contribution in [3.8, 4) is 0 Å². The summed E-state index contributed by atoms with van der Waals surface area (Å²) in [4.78, 5) is 12.5. The highest BCUT2D eigenvalue weighted by atomic mass is 32.1. The van der Waals surface area contributed by atoms with Crippen LogP contribution in [0.3, 0.4) is 0 Å². The van der Waals surface area contributed by atoms with Crippen LogP contribution in [0.5, 0.6) is 0 Å². The summed E-state index contributed by atoms with van der Waals surface area (Å²) < 4.78 is 48.0. The number of benzene rings is 1. The Morgan fingerprint density at radius 2 is 2.06 bits per heavy atom. The third-order valence-electron chi connectivity index (χ3n) is 6.16. The van der Waals surface area contributed by atoms with E-state index in [0.29, 0.717) is 13.2 Å². The first kappa shape index (κ1) is 24.3. The number of fused-ring (bicyclic) bond motifs is 1. The normalized spacial score (nSPS) is 22.0. The van der Waals surface area contributed by atoms with Gasteiger partial charge in [-0.1, -0.05) is 18.2 Å². The minimum Gasteiger partial charge on any atom is -0.376 e. The molecule has 2 aliphatic heterocycles. The summed E-state index contributed by atoms with van der Waals surface area (Å²) in [6.07, 6.45) is -2.78. The third-order valence-corrected chi connectivity index (χ3v) is 6.41. The minimum atomic E-state index is -4.53. The van der Waals surface area contributed by atoms with Crippen molar-refractivity contribution in [1.82, 2.24) is 25.9 Å². The summed E-state index contributed by atoms with van der Waals surface area (Å²) in [6.45, 7) is 5.08. The van der Waals surface area contributed by atoms with E-state index in [-0.39, 0.29) is 29.1 Å². The summed E-state index contributed by atoms with van der Waals surface area (Å²) >= 11 is 5.12. The second-order valence-corrected chi connectivity index (χ2v) is 9.03. The number of anilines is 1. The number of hydrazine groups is 1. The van der Waals surface area contributed by atoms with Crippen LogP contribution in [0.4, 0.5) is 19.0 Å². The Kier molecular flexibility index (Phi) is 6.99. The molecular formula is C22H27F3N6O2S. The van der Waals surface area contributed by atoms with Crippen molar-refractivity contribution < 1.29 is 22.7 Å². The van der Waals surface area contributed by atoms with E-state index >= 15 is 0 Å². The summed E-state index contributed by atoms with van der Waals surface area (Å²) in [5.41, 5.74) is 7.57. The van der Waals surface area contributed by atoms with Gasteiger partial charge >= 0.3 is 6.18 Å². The molecule has 0 bridgehead atoms. The van der Waals surface area contributed by atoms with Crippen molar-refractivity contribution in [1.29, 1.82) is 0 Å². The Morgan fingerprint density at radius 1 is 1.26 bits per heavy atom. The number of aromatic nitrogens is 2. The van der Waals surface area contributed by atoms with Crippen LogP contribution in [-0.2, 0) is 4.74 Å². The maximum atomic E-state index is 13.9. The van der Waals surface area contributed by atoms with Crippen LogP contribution in [0.15, 0.2) is 24.3 Å². The van der Waals surface area contributed by atoms with E-state index < -0.39 is 24.2 Å². The monoisotopic (exact) mass is 496 g/mol. The Morgan fingerprint density at radius 3 is 2.74 bits per heavy atom. The van der Waals surface area contributed by atoms with Crippen molar-refractivity contribution in [3.05, 3.63) is 46.6 Å². The Balaban J connectivity index is 1.45. The van der Waals surface area contributed by atoms with E-state index in [2.05, 4.69) is 26.6 Å². The number of amides is 1. The van der Waals surface area contributed by atoms with Crippen LogP contribution in [0.1, 0.15) is 58.5 Å². The number of ether oxygens (including phenoxy) is 1. The quantitative estimate of drug-likeness (QED) is 0.381. The summed E-state index contributed by atoms with van der Waals surface area (Å²) in [6, 6.07) is 4.47. The molecule has 3 atom stereocenters. The molecular weight excluding hydrogens is 469 g/mol. The number of hydrogen-bond donors (Lipinski definition) is 4. The molecule has 2 aromatic rings. The van der Waals surface area contributed by atoms with Crippen molar-refractivity contribution in [3.63, 3.8) is 0 Å². The summed E-state index contributed by atoms with van der Waals surface area (Å²) in [7, 11) is 0. The van der Waals surface area contributed by atoms with Gasteiger partial charge in [-0.05, 0) is 55.6 Å². The zero-order valence-corrected chi connectivity index (χ0v) is 19.6. The minimum absolute atomic E-state index is 0.0611. The molecule has 0 unspecified atom stereocenters. The molecule has 3 heterocycles. The average molecular weight is 497 g/mol. The number of nitrogens with zero attached hydrogens (tertiary/aromatic N) is 2. The Bertz CT molecular complexity index is 1070. The molecule has 12 heteroatoms. The highest BCUT2D eigenvalue weighted by Gasteiger charge is 2.46. The smallest absolute Gasteiger partial charge is 0.376 e. The maximum Gasteiger partial charge on any atom is 0.410 e. The number of carbonyl (C=O) groups is 1. The number of halogens is 3. The van der Waals surface area contributed by atoms with Crippen molar-refractivity contribution >= 4 is 29.1 Å². The number of carbonyl (C=O) groups excluding carboxylic acids is 1. The Labute approximate surface area is 200 Å². The molecule has 1 amide bonds. The van der Waals surface area contributed by atoms with Gasteiger partial charge in [0.15, 0.2) is 16.8 Å². The van der Waals surface area contributed by atoms with Crippen LogP contribution in [0.25, 0.3) is 0 Å².